The Labute approximate surface area is 140 Å². The van der Waals surface area contributed by atoms with Gasteiger partial charge in [-0.25, -0.2) is 9.59 Å². The molecule has 0 fully saturated rings. The molecule has 9 heteroatoms. The van der Waals surface area contributed by atoms with Crippen molar-refractivity contribution in [3.8, 4) is 0 Å². The summed E-state index contributed by atoms with van der Waals surface area (Å²) >= 11 is 1.20. The number of nitrogens with zero attached hydrogens (tertiary/aromatic N) is 1. The van der Waals surface area contributed by atoms with Gasteiger partial charge in [0.25, 0.3) is 5.56 Å². The number of thiophene rings is 1. The van der Waals surface area contributed by atoms with E-state index in [0.29, 0.717) is 11.3 Å². The molecule has 0 saturated carbocycles. The number of Topliss-reactive ketones (excluding diaryl/α,β-unsaturated/α-hetero) is 1. The molecule has 24 heavy (non-hydrogen) atoms. The smallest absolute Gasteiger partial charge is 0.349 e. The number of hydrogen-bond acceptors (Lipinski definition) is 7. The minimum Gasteiger partial charge on any atom is -0.453 e. The van der Waals surface area contributed by atoms with E-state index in [1.165, 1.54) is 11.3 Å². The molecule has 128 valence electrons. The number of ether oxygens (including phenoxy) is 1. The first kappa shape index (κ1) is 17.7. The molecule has 3 N–H and O–H groups in total. The number of nitrogens with one attached hydrogen (secondary N) is 1. The number of rotatable bonds is 6. The molecule has 0 bridgehead atoms. The molecular weight excluding hydrogens is 334 g/mol. The molecule has 0 aromatic carbocycles. The highest BCUT2D eigenvalue weighted by Gasteiger charge is 2.21. The van der Waals surface area contributed by atoms with Crippen molar-refractivity contribution in [1.82, 2.24) is 9.55 Å². The van der Waals surface area contributed by atoms with Gasteiger partial charge in [-0.2, -0.15) is 0 Å². The molecule has 2 rings (SSSR count). The topological polar surface area (TPSA) is 124 Å². The average Bonchev–Trinajstić information content (AvgIpc) is 2.95. The van der Waals surface area contributed by atoms with E-state index in [1.54, 1.807) is 18.4 Å². The molecule has 8 nitrogen and oxygen atoms in total. The van der Waals surface area contributed by atoms with Crippen molar-refractivity contribution in [3.05, 3.63) is 48.3 Å². The van der Waals surface area contributed by atoms with Gasteiger partial charge in [0.1, 0.15) is 16.3 Å². The van der Waals surface area contributed by atoms with Gasteiger partial charge in [-0.3, -0.25) is 19.1 Å². The Bertz CT molecular complexity index is 893. The summed E-state index contributed by atoms with van der Waals surface area (Å²) in [6.07, 6.45) is 0.594. The lowest BCUT2D eigenvalue weighted by molar-refractivity contribution is 0.0478. The number of carbonyl (C=O) groups is 2. The second-order valence-corrected chi connectivity index (χ2v) is 6.02. The third-order valence-corrected chi connectivity index (χ3v) is 4.34. The fraction of sp³-hybridized carbons (Fsp3) is 0.333. The van der Waals surface area contributed by atoms with Crippen molar-refractivity contribution in [2.75, 3.05) is 12.3 Å². The quantitative estimate of drug-likeness (QED) is 0.589. The van der Waals surface area contributed by atoms with Crippen LogP contribution in [0, 0.1) is 6.92 Å². The third-order valence-electron chi connectivity index (χ3n) is 3.35. The SMILES string of the molecule is CCCn1c(N)c(C(=O)COC(=O)c2sccc2C)c(=O)[nH]c1=O. The normalized spacial score (nSPS) is 10.6. The zero-order valence-corrected chi connectivity index (χ0v) is 14.1. The largest absolute Gasteiger partial charge is 0.453 e. The van der Waals surface area contributed by atoms with Crippen LogP contribution in [0.15, 0.2) is 21.0 Å². The summed E-state index contributed by atoms with van der Waals surface area (Å²) in [7, 11) is 0. The van der Waals surface area contributed by atoms with E-state index >= 15 is 0 Å². The van der Waals surface area contributed by atoms with Crippen LogP contribution in [-0.2, 0) is 11.3 Å². The van der Waals surface area contributed by atoms with Crippen molar-refractivity contribution in [2.24, 2.45) is 0 Å². The van der Waals surface area contributed by atoms with Gasteiger partial charge in [0, 0.05) is 6.54 Å². The summed E-state index contributed by atoms with van der Waals surface area (Å²) in [6, 6.07) is 1.76. The number of ketones is 1. The maximum Gasteiger partial charge on any atom is 0.349 e. The van der Waals surface area contributed by atoms with Crippen LogP contribution < -0.4 is 17.0 Å². The summed E-state index contributed by atoms with van der Waals surface area (Å²) in [6.45, 7) is 3.20. The Morgan fingerprint density at radius 2 is 2.08 bits per heavy atom. The second kappa shape index (κ2) is 7.26. The lowest BCUT2D eigenvalue weighted by Crippen LogP contribution is -2.37. The number of hydrogen-bond donors (Lipinski definition) is 2. The highest BCUT2D eigenvalue weighted by Crippen LogP contribution is 2.16. The Hall–Kier alpha value is -2.68. The summed E-state index contributed by atoms with van der Waals surface area (Å²) in [5.41, 5.74) is 4.58. The first-order valence-corrected chi connectivity index (χ1v) is 8.11. The van der Waals surface area contributed by atoms with Crippen LogP contribution in [0.5, 0.6) is 0 Å². The Kier molecular flexibility index (Phi) is 5.35. The van der Waals surface area contributed by atoms with Gasteiger partial charge in [0.15, 0.2) is 6.61 Å². The van der Waals surface area contributed by atoms with E-state index < -0.39 is 29.6 Å². The van der Waals surface area contributed by atoms with E-state index in [9.17, 15) is 19.2 Å². The second-order valence-electron chi connectivity index (χ2n) is 5.10. The van der Waals surface area contributed by atoms with Crippen LogP contribution in [0.1, 0.15) is 38.9 Å². The van der Waals surface area contributed by atoms with Gasteiger partial charge in [-0.1, -0.05) is 6.92 Å². The Balaban J connectivity index is 2.23. The minimum absolute atomic E-state index is 0.223. The molecule has 2 aromatic rings. The van der Waals surface area contributed by atoms with Gasteiger partial charge in [0.2, 0.25) is 5.78 Å². The van der Waals surface area contributed by atoms with E-state index in [4.69, 9.17) is 10.5 Å². The number of esters is 1. The zero-order valence-electron chi connectivity index (χ0n) is 13.3. The summed E-state index contributed by atoms with van der Waals surface area (Å²) in [4.78, 5) is 50.2. The van der Waals surface area contributed by atoms with Crippen LogP contribution in [0.2, 0.25) is 0 Å². The van der Waals surface area contributed by atoms with Crippen LogP contribution in [-0.4, -0.2) is 27.9 Å². The predicted molar refractivity (Wildman–Crippen MR) is 89.7 cm³/mol. The molecule has 0 aliphatic rings. The van der Waals surface area contributed by atoms with Gasteiger partial charge < -0.3 is 10.5 Å². The molecule has 0 unspecified atom stereocenters. The molecule has 2 heterocycles. The Morgan fingerprint density at radius 1 is 1.38 bits per heavy atom. The fourth-order valence-electron chi connectivity index (χ4n) is 2.15. The van der Waals surface area contributed by atoms with E-state index in [-0.39, 0.29) is 17.9 Å². The van der Waals surface area contributed by atoms with Crippen LogP contribution in [0.25, 0.3) is 0 Å². The number of aromatic amines is 1. The summed E-state index contributed by atoms with van der Waals surface area (Å²) in [5.74, 6) is -1.63. The first-order chi connectivity index (χ1) is 11.4. The molecule has 0 spiro atoms. The number of nitrogens with two attached hydrogens (primary N) is 1. The van der Waals surface area contributed by atoms with Crippen molar-refractivity contribution in [2.45, 2.75) is 26.8 Å². The van der Waals surface area contributed by atoms with Gasteiger partial charge >= 0.3 is 11.7 Å². The maximum atomic E-state index is 12.2. The van der Waals surface area contributed by atoms with Gasteiger partial charge in [0.05, 0.1) is 0 Å². The Morgan fingerprint density at radius 3 is 2.67 bits per heavy atom. The highest BCUT2D eigenvalue weighted by molar-refractivity contribution is 7.12. The van der Waals surface area contributed by atoms with E-state index in [2.05, 4.69) is 4.98 Å². The lowest BCUT2D eigenvalue weighted by Gasteiger charge is -2.11. The summed E-state index contributed by atoms with van der Waals surface area (Å²) < 4.78 is 6.06. The predicted octanol–water partition coefficient (Wildman–Crippen LogP) is 0.938. The van der Waals surface area contributed by atoms with Crippen LogP contribution in [0.3, 0.4) is 0 Å². The van der Waals surface area contributed by atoms with E-state index in [1.807, 2.05) is 6.92 Å². The maximum absolute atomic E-state index is 12.2. The van der Waals surface area contributed by atoms with Gasteiger partial charge in [-0.05, 0) is 30.4 Å². The number of aromatic nitrogens is 2. The van der Waals surface area contributed by atoms with Crippen molar-refractivity contribution in [3.63, 3.8) is 0 Å². The van der Waals surface area contributed by atoms with Crippen molar-refractivity contribution < 1.29 is 14.3 Å². The number of H-pyrrole nitrogens is 1. The lowest BCUT2D eigenvalue weighted by atomic mass is 10.2. The average molecular weight is 351 g/mol. The molecule has 0 radical (unpaired) electrons. The molecule has 0 atom stereocenters. The monoisotopic (exact) mass is 351 g/mol. The number of nitrogen functional groups attached to an aromatic ring is 1. The van der Waals surface area contributed by atoms with Crippen LogP contribution >= 0.6 is 11.3 Å². The fourth-order valence-corrected chi connectivity index (χ4v) is 2.97. The number of carbonyl (C=O) groups excluding carboxylic acids is 2. The number of anilines is 1. The third kappa shape index (κ3) is 3.46. The van der Waals surface area contributed by atoms with Crippen molar-refractivity contribution in [1.29, 1.82) is 0 Å². The van der Waals surface area contributed by atoms with Crippen LogP contribution in [0.4, 0.5) is 5.82 Å². The molecular formula is C15H17N3O5S. The van der Waals surface area contributed by atoms with Gasteiger partial charge in [-0.15, -0.1) is 11.3 Å². The molecule has 2 aromatic heterocycles. The zero-order chi connectivity index (χ0) is 17.9. The molecule has 0 aliphatic carbocycles. The van der Waals surface area contributed by atoms with E-state index in [0.717, 1.165) is 10.1 Å². The van der Waals surface area contributed by atoms with Crippen molar-refractivity contribution >= 4 is 28.9 Å². The summed E-state index contributed by atoms with van der Waals surface area (Å²) in [5, 5.41) is 1.73. The highest BCUT2D eigenvalue weighted by atomic mass is 32.1. The molecule has 0 amide bonds. The molecule has 0 saturated heterocycles. The minimum atomic E-state index is -0.891. The number of aryl methyl sites for hydroxylation is 1. The first-order valence-electron chi connectivity index (χ1n) is 7.23. The standard InChI is InChI=1S/C15H17N3O5S/c1-3-5-18-12(16)10(13(20)17-15(18)22)9(19)7-23-14(21)11-8(2)4-6-24-11/h4,6H,3,5,7,16H2,1-2H3,(H,17,20,22). The molecule has 0 aliphatic heterocycles.